The predicted octanol–water partition coefficient (Wildman–Crippen LogP) is 4.25. The highest BCUT2D eigenvalue weighted by Gasteiger charge is 2.15. The van der Waals surface area contributed by atoms with Crippen LogP contribution in [0.15, 0.2) is 71.3 Å². The van der Waals surface area contributed by atoms with Crippen molar-refractivity contribution in [2.45, 2.75) is 20.0 Å². The number of furan rings is 1. The molecule has 138 valence electrons. The summed E-state index contributed by atoms with van der Waals surface area (Å²) in [5, 5.41) is 5.50. The van der Waals surface area contributed by atoms with E-state index in [4.69, 9.17) is 9.15 Å². The van der Waals surface area contributed by atoms with Gasteiger partial charge in [0, 0.05) is 11.4 Å². The lowest BCUT2D eigenvalue weighted by molar-refractivity contribution is -0.122. The maximum absolute atomic E-state index is 12.4. The molecule has 0 spiro atoms. The molecule has 3 aromatic rings. The third-order valence-electron chi connectivity index (χ3n) is 3.84. The minimum atomic E-state index is -0.672. The van der Waals surface area contributed by atoms with Crippen LogP contribution < -0.4 is 15.4 Å². The van der Waals surface area contributed by atoms with Gasteiger partial charge in [-0.05, 0) is 56.3 Å². The molecule has 0 aliphatic carbocycles. The molecule has 0 saturated carbocycles. The highest BCUT2D eigenvalue weighted by molar-refractivity contribution is 6.02. The molecule has 0 aliphatic heterocycles. The molecule has 1 heterocycles. The molecule has 2 aromatic carbocycles. The van der Waals surface area contributed by atoms with Crippen LogP contribution in [0.25, 0.3) is 0 Å². The second-order valence-electron chi connectivity index (χ2n) is 6.07. The van der Waals surface area contributed by atoms with Gasteiger partial charge < -0.3 is 19.8 Å². The highest BCUT2D eigenvalue weighted by atomic mass is 16.5. The van der Waals surface area contributed by atoms with Gasteiger partial charge in [0.05, 0.1) is 6.26 Å². The van der Waals surface area contributed by atoms with E-state index >= 15 is 0 Å². The van der Waals surface area contributed by atoms with Crippen molar-refractivity contribution < 1.29 is 18.7 Å². The van der Waals surface area contributed by atoms with Crippen LogP contribution in [0.4, 0.5) is 11.4 Å². The number of nitrogens with one attached hydrogen (secondary N) is 2. The number of anilines is 2. The maximum Gasteiger partial charge on any atom is 0.291 e. The Hall–Kier alpha value is -3.54. The van der Waals surface area contributed by atoms with E-state index < -0.39 is 6.10 Å². The maximum atomic E-state index is 12.4. The number of carbonyl (C=O) groups excluding carboxylic acids is 2. The fourth-order valence-electron chi connectivity index (χ4n) is 2.39. The van der Waals surface area contributed by atoms with Crippen LogP contribution in [-0.4, -0.2) is 17.9 Å². The van der Waals surface area contributed by atoms with Crippen molar-refractivity contribution in [1.29, 1.82) is 0 Å². The van der Waals surface area contributed by atoms with Crippen molar-refractivity contribution in [1.82, 2.24) is 0 Å². The van der Waals surface area contributed by atoms with Gasteiger partial charge in [-0.1, -0.05) is 23.8 Å². The molecule has 1 atom stereocenters. The Kier molecular flexibility index (Phi) is 5.56. The van der Waals surface area contributed by atoms with Crippen molar-refractivity contribution in [2.75, 3.05) is 10.6 Å². The second-order valence-corrected chi connectivity index (χ2v) is 6.07. The van der Waals surface area contributed by atoms with Gasteiger partial charge in [0.2, 0.25) is 0 Å². The van der Waals surface area contributed by atoms with Gasteiger partial charge in [-0.25, -0.2) is 0 Å². The first-order chi connectivity index (χ1) is 13.0. The summed E-state index contributed by atoms with van der Waals surface area (Å²) in [7, 11) is 0. The van der Waals surface area contributed by atoms with Gasteiger partial charge >= 0.3 is 0 Å². The van der Waals surface area contributed by atoms with E-state index in [0.717, 1.165) is 5.56 Å². The zero-order chi connectivity index (χ0) is 19.2. The van der Waals surface area contributed by atoms with E-state index in [1.807, 2.05) is 31.2 Å². The summed E-state index contributed by atoms with van der Waals surface area (Å²) in [5.74, 6) is 0.192. The minimum absolute atomic E-state index is 0.213. The summed E-state index contributed by atoms with van der Waals surface area (Å²) in [6.45, 7) is 3.66. The highest BCUT2D eigenvalue weighted by Crippen LogP contribution is 2.18. The van der Waals surface area contributed by atoms with E-state index in [2.05, 4.69) is 10.6 Å². The minimum Gasteiger partial charge on any atom is -0.481 e. The van der Waals surface area contributed by atoms with E-state index in [1.54, 1.807) is 43.3 Å². The molecule has 0 saturated heterocycles. The molecule has 0 radical (unpaired) electrons. The Bertz CT molecular complexity index is 918. The molecule has 0 bridgehead atoms. The fourth-order valence-corrected chi connectivity index (χ4v) is 2.39. The lowest BCUT2D eigenvalue weighted by atomic mass is 10.2. The third-order valence-corrected chi connectivity index (χ3v) is 3.84. The average molecular weight is 364 g/mol. The molecule has 2 N–H and O–H groups in total. The van der Waals surface area contributed by atoms with Gasteiger partial charge in [-0.3, -0.25) is 9.59 Å². The Morgan fingerprint density at radius 2 is 1.67 bits per heavy atom. The number of amides is 2. The summed E-state index contributed by atoms with van der Waals surface area (Å²) in [5.41, 5.74) is 2.21. The Labute approximate surface area is 157 Å². The monoisotopic (exact) mass is 364 g/mol. The lowest BCUT2D eigenvalue weighted by Crippen LogP contribution is -2.30. The molecule has 6 nitrogen and oxygen atoms in total. The SMILES string of the molecule is Cc1ccc(OC(C)C(=O)Nc2cccc(NC(=O)c3ccco3)c2)cc1. The van der Waals surface area contributed by atoms with Crippen LogP contribution in [0.5, 0.6) is 5.75 Å². The third kappa shape index (κ3) is 4.98. The van der Waals surface area contributed by atoms with E-state index in [1.165, 1.54) is 6.26 Å². The number of aryl methyl sites for hydroxylation is 1. The first-order valence-electron chi connectivity index (χ1n) is 8.50. The van der Waals surface area contributed by atoms with Crippen LogP contribution in [0.1, 0.15) is 23.0 Å². The molecule has 1 unspecified atom stereocenters. The molecule has 0 aliphatic rings. The van der Waals surface area contributed by atoms with Crippen LogP contribution in [-0.2, 0) is 4.79 Å². The molecule has 0 fully saturated rings. The van der Waals surface area contributed by atoms with Crippen LogP contribution >= 0.6 is 0 Å². The number of benzene rings is 2. The quantitative estimate of drug-likeness (QED) is 0.685. The molecular weight excluding hydrogens is 344 g/mol. The van der Waals surface area contributed by atoms with Gasteiger partial charge in [-0.2, -0.15) is 0 Å². The average Bonchev–Trinajstić information content (AvgIpc) is 3.19. The van der Waals surface area contributed by atoms with Crippen LogP contribution in [0.3, 0.4) is 0 Å². The topological polar surface area (TPSA) is 80.6 Å². The van der Waals surface area contributed by atoms with Crippen LogP contribution in [0, 0.1) is 6.92 Å². The standard InChI is InChI=1S/C21H20N2O4/c1-14-8-10-18(11-9-14)27-15(2)20(24)22-16-5-3-6-17(13-16)23-21(25)19-7-4-12-26-19/h3-13,15H,1-2H3,(H,22,24)(H,23,25). The fraction of sp³-hybridized carbons (Fsp3) is 0.143. The van der Waals surface area contributed by atoms with Crippen molar-refractivity contribution in [3.8, 4) is 5.75 Å². The van der Waals surface area contributed by atoms with Crippen molar-refractivity contribution in [3.05, 3.63) is 78.3 Å². The molecule has 6 heteroatoms. The van der Waals surface area contributed by atoms with Gasteiger partial charge in [0.25, 0.3) is 11.8 Å². The lowest BCUT2D eigenvalue weighted by Gasteiger charge is -2.15. The number of carbonyl (C=O) groups is 2. The molecule has 2 amide bonds. The largest absolute Gasteiger partial charge is 0.481 e. The van der Waals surface area contributed by atoms with E-state index in [0.29, 0.717) is 17.1 Å². The number of rotatable bonds is 6. The van der Waals surface area contributed by atoms with E-state index in [-0.39, 0.29) is 17.6 Å². The second kappa shape index (κ2) is 8.23. The summed E-state index contributed by atoms with van der Waals surface area (Å²) in [6.07, 6.45) is 0.759. The summed E-state index contributed by atoms with van der Waals surface area (Å²) in [4.78, 5) is 24.4. The molecule has 27 heavy (non-hydrogen) atoms. The van der Waals surface area contributed by atoms with Crippen molar-refractivity contribution in [3.63, 3.8) is 0 Å². The normalized spacial score (nSPS) is 11.5. The zero-order valence-corrected chi connectivity index (χ0v) is 15.1. The summed E-state index contributed by atoms with van der Waals surface area (Å²) >= 11 is 0. The summed E-state index contributed by atoms with van der Waals surface area (Å²) in [6, 6.07) is 17.6. The Morgan fingerprint density at radius 3 is 2.33 bits per heavy atom. The van der Waals surface area contributed by atoms with Gasteiger partial charge in [0.15, 0.2) is 11.9 Å². The van der Waals surface area contributed by atoms with Gasteiger partial charge in [-0.15, -0.1) is 0 Å². The Morgan fingerprint density at radius 1 is 0.963 bits per heavy atom. The number of hydrogen-bond donors (Lipinski definition) is 2. The predicted molar refractivity (Wildman–Crippen MR) is 103 cm³/mol. The smallest absolute Gasteiger partial charge is 0.291 e. The first-order valence-corrected chi connectivity index (χ1v) is 8.50. The molecule has 3 rings (SSSR count). The first kappa shape index (κ1) is 18.3. The molecular formula is C21H20N2O4. The van der Waals surface area contributed by atoms with Gasteiger partial charge in [0.1, 0.15) is 5.75 Å². The number of ether oxygens (including phenoxy) is 1. The van der Waals surface area contributed by atoms with Crippen LogP contribution in [0.2, 0.25) is 0 Å². The number of hydrogen-bond acceptors (Lipinski definition) is 4. The van der Waals surface area contributed by atoms with Crippen molar-refractivity contribution >= 4 is 23.2 Å². The Balaban J connectivity index is 1.60. The molecule has 1 aromatic heterocycles. The van der Waals surface area contributed by atoms with Crippen molar-refractivity contribution in [2.24, 2.45) is 0 Å². The summed E-state index contributed by atoms with van der Waals surface area (Å²) < 4.78 is 10.7. The zero-order valence-electron chi connectivity index (χ0n) is 15.1. The van der Waals surface area contributed by atoms with E-state index in [9.17, 15) is 9.59 Å².